The van der Waals surface area contributed by atoms with Gasteiger partial charge in [-0.1, -0.05) is 0 Å². The second kappa shape index (κ2) is 6.71. The average molecular weight is 324 g/mol. The molecular weight excluding hydrogens is 300 g/mol. The summed E-state index contributed by atoms with van der Waals surface area (Å²) in [6.07, 6.45) is 9.98. The molecule has 4 rings (SSSR count). The average Bonchev–Trinajstić information content (AvgIpc) is 3.17. The van der Waals surface area contributed by atoms with Gasteiger partial charge in [0.1, 0.15) is 0 Å². The lowest BCUT2D eigenvalue weighted by molar-refractivity contribution is 0.568. The number of piperidine rings is 1. The first-order valence-corrected chi connectivity index (χ1v) is 8.98. The Labute approximate surface area is 143 Å². The fourth-order valence-electron chi connectivity index (χ4n) is 3.52. The Hall–Kier alpha value is -2.24. The first-order chi connectivity index (χ1) is 11.8. The number of hydrogen-bond donors (Lipinski definition) is 0. The van der Waals surface area contributed by atoms with E-state index in [0.29, 0.717) is 0 Å². The third-order valence-corrected chi connectivity index (χ3v) is 4.91. The second-order valence-electron chi connectivity index (χ2n) is 6.65. The zero-order valence-electron chi connectivity index (χ0n) is 14.3. The molecule has 2 aromatic heterocycles. The fourth-order valence-corrected chi connectivity index (χ4v) is 3.52. The molecule has 2 aliphatic rings. The third kappa shape index (κ3) is 3.05. The van der Waals surface area contributed by atoms with Crippen molar-refractivity contribution in [3.63, 3.8) is 0 Å². The van der Waals surface area contributed by atoms with Crippen LogP contribution in [0, 0.1) is 6.92 Å². The van der Waals surface area contributed by atoms with Crippen molar-refractivity contribution in [3.8, 4) is 11.3 Å². The molecule has 2 aliphatic heterocycles. The standard InChI is InChI=1S/C18H24N6/c1-14-15(13-20-18(21-14)24-9-3-2-4-10-24)16-7-8-19-17(22-16)23-11-5-6-12-23/h7-8,13H,2-6,9-12H2,1H3. The SMILES string of the molecule is Cc1nc(N2CCCCC2)ncc1-c1ccnc(N2CCCC2)n1. The molecule has 126 valence electrons. The predicted molar refractivity (Wildman–Crippen MR) is 95.3 cm³/mol. The van der Waals surface area contributed by atoms with Crippen LogP contribution in [-0.4, -0.2) is 46.1 Å². The smallest absolute Gasteiger partial charge is 0.225 e. The molecule has 0 spiro atoms. The van der Waals surface area contributed by atoms with E-state index < -0.39 is 0 Å². The van der Waals surface area contributed by atoms with E-state index in [9.17, 15) is 0 Å². The molecule has 0 amide bonds. The summed E-state index contributed by atoms with van der Waals surface area (Å²) < 4.78 is 0. The summed E-state index contributed by atoms with van der Waals surface area (Å²) in [5.41, 5.74) is 2.89. The Balaban J connectivity index is 1.60. The van der Waals surface area contributed by atoms with Crippen molar-refractivity contribution >= 4 is 11.9 Å². The Kier molecular flexibility index (Phi) is 4.28. The van der Waals surface area contributed by atoms with Gasteiger partial charge in [0.2, 0.25) is 11.9 Å². The Morgan fingerprint density at radius 1 is 0.792 bits per heavy atom. The molecule has 0 unspecified atom stereocenters. The minimum atomic E-state index is 0.824. The van der Waals surface area contributed by atoms with Crippen LogP contribution in [0.3, 0.4) is 0 Å². The van der Waals surface area contributed by atoms with Crippen LogP contribution in [0.1, 0.15) is 37.8 Å². The molecule has 0 aliphatic carbocycles. The number of rotatable bonds is 3. The van der Waals surface area contributed by atoms with Crippen LogP contribution in [0.5, 0.6) is 0 Å². The van der Waals surface area contributed by atoms with E-state index >= 15 is 0 Å². The number of hydrogen-bond acceptors (Lipinski definition) is 6. The highest BCUT2D eigenvalue weighted by Gasteiger charge is 2.18. The van der Waals surface area contributed by atoms with Crippen molar-refractivity contribution < 1.29 is 0 Å². The van der Waals surface area contributed by atoms with Gasteiger partial charge in [0.05, 0.1) is 11.4 Å². The largest absolute Gasteiger partial charge is 0.341 e. The molecule has 6 nitrogen and oxygen atoms in total. The minimum absolute atomic E-state index is 0.824. The monoisotopic (exact) mass is 324 g/mol. The first-order valence-electron chi connectivity index (χ1n) is 8.98. The molecule has 0 bridgehead atoms. The van der Waals surface area contributed by atoms with Crippen LogP contribution in [0.4, 0.5) is 11.9 Å². The maximum Gasteiger partial charge on any atom is 0.225 e. The van der Waals surface area contributed by atoms with Crippen LogP contribution in [0.2, 0.25) is 0 Å². The molecule has 2 saturated heterocycles. The molecule has 6 heteroatoms. The van der Waals surface area contributed by atoms with Crippen LogP contribution >= 0.6 is 0 Å². The molecule has 4 heterocycles. The van der Waals surface area contributed by atoms with E-state index in [2.05, 4.69) is 19.8 Å². The van der Waals surface area contributed by atoms with Crippen molar-refractivity contribution in [1.29, 1.82) is 0 Å². The number of aryl methyl sites for hydroxylation is 1. The molecule has 2 aromatic rings. The van der Waals surface area contributed by atoms with E-state index in [4.69, 9.17) is 9.97 Å². The van der Waals surface area contributed by atoms with Crippen molar-refractivity contribution in [2.45, 2.75) is 39.0 Å². The van der Waals surface area contributed by atoms with E-state index in [1.165, 1.54) is 32.1 Å². The van der Waals surface area contributed by atoms with Gasteiger partial charge >= 0.3 is 0 Å². The Bertz CT molecular complexity index is 704. The van der Waals surface area contributed by atoms with Gasteiger partial charge in [-0.05, 0) is 45.1 Å². The van der Waals surface area contributed by atoms with Gasteiger partial charge < -0.3 is 9.80 Å². The molecule has 0 aromatic carbocycles. The molecule has 0 N–H and O–H groups in total. The van der Waals surface area contributed by atoms with Gasteiger partial charge in [0.15, 0.2) is 0 Å². The number of aromatic nitrogens is 4. The van der Waals surface area contributed by atoms with Crippen molar-refractivity contribution in [3.05, 3.63) is 24.2 Å². The number of nitrogens with zero attached hydrogens (tertiary/aromatic N) is 6. The van der Waals surface area contributed by atoms with Gasteiger partial charge in [-0.15, -0.1) is 0 Å². The zero-order valence-corrected chi connectivity index (χ0v) is 14.3. The topological polar surface area (TPSA) is 58.0 Å². The van der Waals surface area contributed by atoms with Crippen molar-refractivity contribution in [2.24, 2.45) is 0 Å². The summed E-state index contributed by atoms with van der Waals surface area (Å²) in [7, 11) is 0. The number of anilines is 2. The van der Waals surface area contributed by atoms with Gasteiger partial charge in [-0.2, -0.15) is 0 Å². The van der Waals surface area contributed by atoms with Crippen molar-refractivity contribution in [1.82, 2.24) is 19.9 Å². The maximum atomic E-state index is 4.75. The fraction of sp³-hybridized carbons (Fsp3) is 0.556. The van der Waals surface area contributed by atoms with Crippen LogP contribution in [0.15, 0.2) is 18.5 Å². The highest BCUT2D eigenvalue weighted by Crippen LogP contribution is 2.24. The van der Waals surface area contributed by atoms with E-state index in [0.717, 1.165) is 55.0 Å². The lowest BCUT2D eigenvalue weighted by atomic mass is 10.1. The van der Waals surface area contributed by atoms with Crippen LogP contribution in [0.25, 0.3) is 11.3 Å². The molecule has 2 fully saturated rings. The Morgan fingerprint density at radius 3 is 2.08 bits per heavy atom. The van der Waals surface area contributed by atoms with Crippen LogP contribution < -0.4 is 9.80 Å². The quantitative estimate of drug-likeness (QED) is 0.865. The summed E-state index contributed by atoms with van der Waals surface area (Å²) in [4.78, 5) is 23.1. The van der Waals surface area contributed by atoms with Gasteiger partial charge in [0.25, 0.3) is 0 Å². The lowest BCUT2D eigenvalue weighted by Crippen LogP contribution is -2.31. The summed E-state index contributed by atoms with van der Waals surface area (Å²) >= 11 is 0. The molecule has 0 atom stereocenters. The summed E-state index contributed by atoms with van der Waals surface area (Å²) in [6.45, 7) is 6.26. The van der Waals surface area contributed by atoms with Crippen molar-refractivity contribution in [2.75, 3.05) is 36.0 Å². The zero-order chi connectivity index (χ0) is 16.4. The van der Waals surface area contributed by atoms with Gasteiger partial charge in [0, 0.05) is 44.1 Å². The predicted octanol–water partition coefficient (Wildman–Crippen LogP) is 2.83. The molecule has 0 radical (unpaired) electrons. The third-order valence-electron chi connectivity index (χ3n) is 4.91. The second-order valence-corrected chi connectivity index (χ2v) is 6.65. The Morgan fingerprint density at radius 2 is 1.42 bits per heavy atom. The first kappa shape index (κ1) is 15.3. The molecule has 24 heavy (non-hydrogen) atoms. The molecule has 0 saturated carbocycles. The van der Waals surface area contributed by atoms with Gasteiger partial charge in [-0.25, -0.2) is 19.9 Å². The summed E-state index contributed by atoms with van der Waals surface area (Å²) in [5, 5.41) is 0. The summed E-state index contributed by atoms with van der Waals surface area (Å²) in [6, 6.07) is 1.95. The summed E-state index contributed by atoms with van der Waals surface area (Å²) in [5.74, 6) is 1.68. The maximum absolute atomic E-state index is 4.75. The van der Waals surface area contributed by atoms with E-state index in [-0.39, 0.29) is 0 Å². The van der Waals surface area contributed by atoms with Gasteiger partial charge in [-0.3, -0.25) is 0 Å². The van der Waals surface area contributed by atoms with Crippen LogP contribution in [-0.2, 0) is 0 Å². The lowest BCUT2D eigenvalue weighted by Gasteiger charge is -2.26. The highest BCUT2D eigenvalue weighted by atomic mass is 15.3. The minimum Gasteiger partial charge on any atom is -0.341 e. The normalized spacial score (nSPS) is 18.2. The molecular formula is C18H24N6. The van der Waals surface area contributed by atoms with E-state index in [1.807, 2.05) is 25.4 Å². The highest BCUT2D eigenvalue weighted by molar-refractivity contribution is 5.62. The van der Waals surface area contributed by atoms with E-state index in [1.54, 1.807) is 0 Å².